The molecule has 11 heteroatoms. The van der Waals surface area contributed by atoms with E-state index in [-0.39, 0.29) is 22.7 Å². The predicted octanol–water partition coefficient (Wildman–Crippen LogP) is 4.22. The van der Waals surface area contributed by atoms with Crippen LogP contribution in [0.2, 0.25) is 0 Å². The minimum absolute atomic E-state index is 0.0951. The number of carbonyl (C=O) groups is 1. The Bertz CT molecular complexity index is 1320. The molecule has 0 radical (unpaired) electrons. The third-order valence-corrected chi connectivity index (χ3v) is 9.52. The van der Waals surface area contributed by atoms with Crippen molar-refractivity contribution in [2.24, 2.45) is 0 Å². The summed E-state index contributed by atoms with van der Waals surface area (Å²) >= 11 is 1.26. The van der Waals surface area contributed by atoms with Crippen molar-refractivity contribution >= 4 is 42.6 Å². The maximum Gasteiger partial charge on any atom is 0.260 e. The van der Waals surface area contributed by atoms with Gasteiger partial charge in [0.25, 0.3) is 5.91 Å². The summed E-state index contributed by atoms with van der Waals surface area (Å²) in [6.45, 7) is 7.79. The molecular formula is C26H33FN4O4S2. The molecule has 0 saturated carbocycles. The van der Waals surface area contributed by atoms with Crippen molar-refractivity contribution in [1.82, 2.24) is 14.2 Å². The second kappa shape index (κ2) is 12.0. The Kier molecular flexibility index (Phi) is 8.91. The Morgan fingerprint density at radius 1 is 1.14 bits per heavy atom. The van der Waals surface area contributed by atoms with Gasteiger partial charge in [0.2, 0.25) is 10.0 Å². The molecule has 0 spiro atoms. The van der Waals surface area contributed by atoms with Crippen LogP contribution in [-0.2, 0) is 14.8 Å². The number of benzene rings is 2. The quantitative estimate of drug-likeness (QED) is 0.357. The first-order valence-electron chi connectivity index (χ1n) is 12.5. The molecule has 4 rings (SSSR count). The zero-order valence-electron chi connectivity index (χ0n) is 21.4. The zero-order chi connectivity index (χ0) is 26.6. The van der Waals surface area contributed by atoms with E-state index in [1.54, 1.807) is 18.0 Å². The summed E-state index contributed by atoms with van der Waals surface area (Å²) < 4.78 is 47.4. The number of ether oxygens (including phenoxy) is 1. The number of halogens is 1. The van der Waals surface area contributed by atoms with Gasteiger partial charge in [-0.15, -0.1) is 0 Å². The second-order valence-corrected chi connectivity index (χ2v) is 12.1. The van der Waals surface area contributed by atoms with Crippen molar-refractivity contribution in [2.45, 2.75) is 37.7 Å². The van der Waals surface area contributed by atoms with Crippen LogP contribution in [0.5, 0.6) is 0 Å². The Hall–Kier alpha value is -2.44. The van der Waals surface area contributed by atoms with Crippen molar-refractivity contribution in [3.8, 4) is 0 Å². The summed E-state index contributed by atoms with van der Waals surface area (Å²) in [5.74, 6) is -0.645. The van der Waals surface area contributed by atoms with Crippen LogP contribution in [-0.4, -0.2) is 81.0 Å². The Labute approximate surface area is 221 Å². The van der Waals surface area contributed by atoms with E-state index in [1.165, 1.54) is 52.0 Å². The predicted molar refractivity (Wildman–Crippen MR) is 144 cm³/mol. The molecule has 0 aliphatic carbocycles. The third kappa shape index (κ3) is 6.35. The molecule has 2 heterocycles. The molecule has 1 aliphatic heterocycles. The summed E-state index contributed by atoms with van der Waals surface area (Å²) in [7, 11) is -2.17. The lowest BCUT2D eigenvalue weighted by Gasteiger charge is -2.25. The van der Waals surface area contributed by atoms with Crippen LogP contribution in [0.4, 0.5) is 9.52 Å². The van der Waals surface area contributed by atoms with E-state index in [4.69, 9.17) is 4.74 Å². The van der Waals surface area contributed by atoms with Crippen LogP contribution in [0.3, 0.4) is 0 Å². The van der Waals surface area contributed by atoms with Gasteiger partial charge in [0.1, 0.15) is 5.82 Å². The Balaban J connectivity index is 1.57. The van der Waals surface area contributed by atoms with E-state index in [2.05, 4.69) is 23.7 Å². The number of rotatable bonds is 11. The number of carbonyl (C=O) groups excluding carboxylic acids is 1. The average Bonchev–Trinajstić information content (AvgIpc) is 3.56. The van der Waals surface area contributed by atoms with Gasteiger partial charge in [-0.2, -0.15) is 4.31 Å². The second-order valence-electron chi connectivity index (χ2n) is 9.04. The molecule has 0 N–H and O–H groups in total. The van der Waals surface area contributed by atoms with Gasteiger partial charge in [-0.25, -0.2) is 17.8 Å². The molecule has 1 aliphatic rings. The van der Waals surface area contributed by atoms with Crippen molar-refractivity contribution in [2.75, 3.05) is 51.3 Å². The van der Waals surface area contributed by atoms with Crippen molar-refractivity contribution in [3.05, 3.63) is 53.8 Å². The highest BCUT2D eigenvalue weighted by molar-refractivity contribution is 7.89. The highest BCUT2D eigenvalue weighted by Crippen LogP contribution is 2.30. The smallest absolute Gasteiger partial charge is 0.260 e. The number of thiazole rings is 1. The third-order valence-electron chi connectivity index (χ3n) is 6.64. The minimum atomic E-state index is -3.72. The van der Waals surface area contributed by atoms with Gasteiger partial charge in [0.15, 0.2) is 5.13 Å². The van der Waals surface area contributed by atoms with Gasteiger partial charge in [-0.05, 0) is 68.4 Å². The summed E-state index contributed by atoms with van der Waals surface area (Å²) in [6.07, 6.45) is 1.68. The van der Waals surface area contributed by atoms with Gasteiger partial charge in [0.05, 0.1) is 21.2 Å². The van der Waals surface area contributed by atoms with Gasteiger partial charge in [-0.1, -0.05) is 25.2 Å². The molecule has 2 aromatic carbocycles. The average molecular weight is 549 g/mol. The summed E-state index contributed by atoms with van der Waals surface area (Å²) in [4.78, 5) is 22.1. The fourth-order valence-corrected chi connectivity index (χ4v) is 6.56. The molecule has 1 fully saturated rings. The van der Waals surface area contributed by atoms with Crippen LogP contribution in [0, 0.1) is 5.82 Å². The van der Waals surface area contributed by atoms with Crippen LogP contribution < -0.4 is 4.90 Å². The van der Waals surface area contributed by atoms with Crippen LogP contribution in [0.25, 0.3) is 10.2 Å². The lowest BCUT2D eigenvalue weighted by atomic mass is 10.2. The lowest BCUT2D eigenvalue weighted by Crippen LogP contribution is -2.39. The van der Waals surface area contributed by atoms with E-state index in [1.807, 2.05) is 0 Å². The molecule has 1 amide bonds. The van der Waals surface area contributed by atoms with Crippen LogP contribution in [0.15, 0.2) is 47.4 Å². The van der Waals surface area contributed by atoms with Gasteiger partial charge in [-0.3, -0.25) is 9.69 Å². The van der Waals surface area contributed by atoms with Gasteiger partial charge in [0, 0.05) is 38.9 Å². The van der Waals surface area contributed by atoms with E-state index in [9.17, 15) is 17.6 Å². The standard InChI is InChI=1S/C26H33FN4O4S2/c1-4-30(5-2)14-15-31(26-28-23-13-10-20(27)17-24(23)36-26)25(32)19-8-11-22(12-9-19)37(33,34)29(3)18-21-7-6-16-35-21/h8-13,17,21H,4-7,14-16,18H2,1-3H3. The van der Waals surface area contributed by atoms with E-state index < -0.39 is 10.0 Å². The molecule has 8 nitrogen and oxygen atoms in total. The summed E-state index contributed by atoms with van der Waals surface area (Å²) in [5, 5.41) is 0.478. The summed E-state index contributed by atoms with van der Waals surface area (Å²) in [6, 6.07) is 10.4. The minimum Gasteiger partial charge on any atom is -0.377 e. The van der Waals surface area contributed by atoms with E-state index in [0.29, 0.717) is 47.2 Å². The first-order chi connectivity index (χ1) is 17.7. The fraction of sp³-hybridized carbons (Fsp3) is 0.462. The molecule has 1 saturated heterocycles. The topological polar surface area (TPSA) is 83.1 Å². The molecule has 37 heavy (non-hydrogen) atoms. The number of amides is 1. The molecule has 1 aromatic heterocycles. The van der Waals surface area contributed by atoms with Crippen molar-refractivity contribution in [1.29, 1.82) is 0 Å². The normalized spacial score (nSPS) is 16.2. The summed E-state index contributed by atoms with van der Waals surface area (Å²) in [5.41, 5.74) is 0.975. The molecular weight excluding hydrogens is 515 g/mol. The Morgan fingerprint density at radius 2 is 1.86 bits per heavy atom. The van der Waals surface area contributed by atoms with Gasteiger partial charge >= 0.3 is 0 Å². The number of nitrogens with zero attached hydrogens (tertiary/aromatic N) is 4. The van der Waals surface area contributed by atoms with Crippen molar-refractivity contribution in [3.63, 3.8) is 0 Å². The molecule has 3 aromatic rings. The monoisotopic (exact) mass is 548 g/mol. The fourth-order valence-electron chi connectivity index (χ4n) is 4.35. The number of fused-ring (bicyclic) bond motifs is 1. The number of sulfonamides is 1. The highest BCUT2D eigenvalue weighted by Gasteiger charge is 2.27. The number of hydrogen-bond acceptors (Lipinski definition) is 7. The Morgan fingerprint density at radius 3 is 2.51 bits per heavy atom. The SMILES string of the molecule is CCN(CC)CCN(C(=O)c1ccc(S(=O)(=O)N(C)CC2CCCO2)cc1)c1nc2ccc(F)cc2s1. The zero-order valence-corrected chi connectivity index (χ0v) is 23.0. The molecule has 1 unspecified atom stereocenters. The molecule has 0 bridgehead atoms. The highest BCUT2D eigenvalue weighted by atomic mass is 32.2. The van der Waals surface area contributed by atoms with Crippen LogP contribution in [0.1, 0.15) is 37.0 Å². The van der Waals surface area contributed by atoms with E-state index >= 15 is 0 Å². The number of anilines is 1. The van der Waals surface area contributed by atoms with E-state index in [0.717, 1.165) is 25.9 Å². The van der Waals surface area contributed by atoms with Crippen molar-refractivity contribution < 1.29 is 22.3 Å². The maximum atomic E-state index is 13.8. The molecule has 1 atom stereocenters. The first-order valence-corrected chi connectivity index (χ1v) is 14.8. The molecule has 200 valence electrons. The maximum absolute atomic E-state index is 13.8. The van der Waals surface area contributed by atoms with Crippen LogP contribution >= 0.6 is 11.3 Å². The number of aromatic nitrogens is 1. The van der Waals surface area contributed by atoms with Gasteiger partial charge < -0.3 is 9.64 Å². The number of likely N-dealkylation sites (N-methyl/N-ethyl adjacent to an activating group) is 2. The first kappa shape index (κ1) is 27.6. The lowest BCUT2D eigenvalue weighted by molar-refractivity contribution is 0.0978. The largest absolute Gasteiger partial charge is 0.377 e. The number of hydrogen-bond donors (Lipinski definition) is 0.